The highest BCUT2D eigenvalue weighted by molar-refractivity contribution is 7.10. The Kier molecular flexibility index (Phi) is 9.21. The van der Waals surface area contributed by atoms with Crippen LogP contribution >= 0.6 is 11.3 Å². The van der Waals surface area contributed by atoms with E-state index in [9.17, 15) is 9.59 Å². The molecule has 1 aromatic heterocycles. The second kappa shape index (κ2) is 12.1. The van der Waals surface area contributed by atoms with Gasteiger partial charge in [0.05, 0.1) is 13.2 Å². The van der Waals surface area contributed by atoms with E-state index in [0.717, 1.165) is 18.4 Å². The summed E-state index contributed by atoms with van der Waals surface area (Å²) in [5.41, 5.74) is 1.12. The van der Waals surface area contributed by atoms with Crippen LogP contribution in [0.1, 0.15) is 50.6 Å². The molecule has 0 bridgehead atoms. The van der Waals surface area contributed by atoms with Crippen molar-refractivity contribution < 1.29 is 19.1 Å². The quantitative estimate of drug-likeness (QED) is 0.526. The SMILES string of the molecule is COc1ccccc1OC[C@H]1c2ccsc2CCN1C(=O)CN(CCC(C)C)C(=O)NC(C)C. The van der Waals surface area contributed by atoms with Gasteiger partial charge < -0.3 is 24.6 Å². The van der Waals surface area contributed by atoms with Crippen LogP contribution in [0.2, 0.25) is 0 Å². The molecular weight excluding hydrogens is 450 g/mol. The maximum atomic E-state index is 13.5. The third kappa shape index (κ3) is 6.65. The first kappa shape index (κ1) is 25.9. The number of thiophene rings is 1. The number of urea groups is 1. The zero-order valence-electron chi connectivity index (χ0n) is 20.9. The predicted octanol–water partition coefficient (Wildman–Crippen LogP) is 4.73. The molecule has 0 radical (unpaired) electrons. The molecule has 3 amide bonds. The first-order valence-electron chi connectivity index (χ1n) is 12.0. The Morgan fingerprint density at radius 3 is 2.59 bits per heavy atom. The van der Waals surface area contributed by atoms with Gasteiger partial charge in [-0.05, 0) is 61.7 Å². The zero-order valence-corrected chi connectivity index (χ0v) is 21.7. The van der Waals surface area contributed by atoms with Gasteiger partial charge in [-0.2, -0.15) is 0 Å². The molecule has 0 aliphatic carbocycles. The van der Waals surface area contributed by atoms with Crippen LogP contribution in [0, 0.1) is 5.92 Å². The van der Waals surface area contributed by atoms with Crippen molar-refractivity contribution in [2.24, 2.45) is 5.92 Å². The fraction of sp³-hybridized carbons (Fsp3) is 0.538. The topological polar surface area (TPSA) is 71.1 Å². The monoisotopic (exact) mass is 487 g/mol. The minimum absolute atomic E-state index is 0.00880. The molecule has 1 atom stereocenters. The van der Waals surface area contributed by atoms with Gasteiger partial charge in [0.25, 0.3) is 0 Å². The number of methoxy groups -OCH3 is 1. The van der Waals surface area contributed by atoms with Gasteiger partial charge in [-0.25, -0.2) is 4.79 Å². The molecule has 0 saturated heterocycles. The normalized spacial score (nSPS) is 15.3. The number of para-hydroxylation sites is 2. The first-order chi connectivity index (χ1) is 16.3. The van der Waals surface area contributed by atoms with E-state index < -0.39 is 0 Å². The molecule has 34 heavy (non-hydrogen) atoms. The number of nitrogens with one attached hydrogen (secondary N) is 1. The summed E-state index contributed by atoms with van der Waals surface area (Å²) in [7, 11) is 1.61. The number of hydrogen-bond donors (Lipinski definition) is 1. The van der Waals surface area contributed by atoms with Gasteiger partial charge in [-0.15, -0.1) is 11.3 Å². The number of ether oxygens (including phenoxy) is 2. The minimum atomic E-state index is -0.215. The summed E-state index contributed by atoms with van der Waals surface area (Å²) in [6.07, 6.45) is 1.65. The largest absolute Gasteiger partial charge is 0.493 e. The molecule has 1 aliphatic rings. The van der Waals surface area contributed by atoms with Crippen LogP contribution < -0.4 is 14.8 Å². The molecule has 1 N–H and O–H groups in total. The standard InChI is InChI=1S/C26H37N3O4S/c1-18(2)10-13-28(26(31)27-19(3)4)16-25(30)29-14-11-24-20(12-15-34-24)21(29)17-33-23-9-7-6-8-22(23)32-5/h6-9,12,15,18-19,21H,10-11,13-14,16-17H2,1-5H3,(H,27,31)/t21-/m0/s1. The Labute approximate surface area is 207 Å². The van der Waals surface area contributed by atoms with E-state index >= 15 is 0 Å². The number of hydrogen-bond acceptors (Lipinski definition) is 5. The molecule has 8 heteroatoms. The van der Waals surface area contributed by atoms with Crippen molar-refractivity contribution in [2.75, 3.05) is 33.4 Å². The number of benzene rings is 1. The number of amides is 3. The van der Waals surface area contributed by atoms with Gasteiger partial charge in [0.1, 0.15) is 13.2 Å². The molecule has 0 saturated carbocycles. The van der Waals surface area contributed by atoms with E-state index in [4.69, 9.17) is 9.47 Å². The van der Waals surface area contributed by atoms with Gasteiger partial charge in [-0.3, -0.25) is 4.79 Å². The van der Waals surface area contributed by atoms with Gasteiger partial charge in [0.15, 0.2) is 11.5 Å². The summed E-state index contributed by atoms with van der Waals surface area (Å²) < 4.78 is 11.6. The van der Waals surface area contributed by atoms with Gasteiger partial charge in [-0.1, -0.05) is 26.0 Å². The van der Waals surface area contributed by atoms with Crippen molar-refractivity contribution in [1.82, 2.24) is 15.1 Å². The zero-order chi connectivity index (χ0) is 24.7. The van der Waals surface area contributed by atoms with Crippen LogP contribution in [0.3, 0.4) is 0 Å². The van der Waals surface area contributed by atoms with E-state index in [2.05, 4.69) is 30.6 Å². The lowest BCUT2D eigenvalue weighted by Crippen LogP contribution is -2.51. The van der Waals surface area contributed by atoms with Crippen LogP contribution in [0.15, 0.2) is 35.7 Å². The molecule has 7 nitrogen and oxygen atoms in total. The third-order valence-electron chi connectivity index (χ3n) is 5.88. The molecule has 3 rings (SSSR count). The number of carbonyl (C=O) groups excluding carboxylic acids is 2. The molecular formula is C26H37N3O4S. The molecule has 0 spiro atoms. The van der Waals surface area contributed by atoms with Crippen molar-refractivity contribution in [3.8, 4) is 11.5 Å². The van der Waals surface area contributed by atoms with E-state index in [-0.39, 0.29) is 30.6 Å². The van der Waals surface area contributed by atoms with Crippen molar-refractivity contribution in [1.29, 1.82) is 0 Å². The van der Waals surface area contributed by atoms with Gasteiger partial charge in [0, 0.05) is 24.0 Å². The number of fused-ring (bicyclic) bond motifs is 1. The van der Waals surface area contributed by atoms with Gasteiger partial charge >= 0.3 is 6.03 Å². The maximum absolute atomic E-state index is 13.5. The minimum Gasteiger partial charge on any atom is -0.493 e. The molecule has 0 unspecified atom stereocenters. The highest BCUT2D eigenvalue weighted by Gasteiger charge is 2.33. The fourth-order valence-corrected chi connectivity index (χ4v) is 4.97. The Hall–Kier alpha value is -2.74. The summed E-state index contributed by atoms with van der Waals surface area (Å²) in [4.78, 5) is 31.2. The molecule has 2 aromatic rings. The highest BCUT2D eigenvalue weighted by Crippen LogP contribution is 2.35. The lowest BCUT2D eigenvalue weighted by molar-refractivity contribution is -0.135. The van der Waals surface area contributed by atoms with Crippen molar-refractivity contribution in [3.05, 3.63) is 46.2 Å². The predicted molar refractivity (Wildman–Crippen MR) is 136 cm³/mol. The van der Waals surface area contributed by atoms with Crippen molar-refractivity contribution >= 4 is 23.3 Å². The molecule has 0 fully saturated rings. The summed E-state index contributed by atoms with van der Waals surface area (Å²) in [6.45, 7) is 9.61. The van der Waals surface area contributed by atoms with Crippen LogP contribution in [0.4, 0.5) is 4.79 Å². The summed E-state index contributed by atoms with van der Waals surface area (Å²) in [5.74, 6) is 1.68. The summed E-state index contributed by atoms with van der Waals surface area (Å²) >= 11 is 1.72. The molecule has 186 valence electrons. The number of nitrogens with zero attached hydrogens (tertiary/aromatic N) is 2. The van der Waals surface area contributed by atoms with E-state index in [1.54, 1.807) is 23.3 Å². The Morgan fingerprint density at radius 2 is 1.91 bits per heavy atom. The highest BCUT2D eigenvalue weighted by atomic mass is 32.1. The number of carbonyl (C=O) groups is 2. The average molecular weight is 488 g/mol. The second-order valence-corrected chi connectivity index (χ2v) is 10.3. The summed E-state index contributed by atoms with van der Waals surface area (Å²) in [6, 6.07) is 9.20. The fourth-order valence-electron chi connectivity index (χ4n) is 4.04. The van der Waals surface area contributed by atoms with Crippen LogP contribution in [0.25, 0.3) is 0 Å². The third-order valence-corrected chi connectivity index (χ3v) is 6.88. The lowest BCUT2D eigenvalue weighted by atomic mass is 10.0. The van der Waals surface area contributed by atoms with E-state index in [1.807, 2.05) is 43.0 Å². The summed E-state index contributed by atoms with van der Waals surface area (Å²) in [5, 5.41) is 5.01. The lowest BCUT2D eigenvalue weighted by Gasteiger charge is -2.37. The number of rotatable bonds is 10. The smallest absolute Gasteiger partial charge is 0.318 e. The molecule has 2 heterocycles. The maximum Gasteiger partial charge on any atom is 0.318 e. The Bertz CT molecular complexity index is 959. The van der Waals surface area contributed by atoms with E-state index in [1.165, 1.54) is 4.88 Å². The van der Waals surface area contributed by atoms with Gasteiger partial charge in [0.2, 0.25) is 5.91 Å². The average Bonchev–Trinajstić information content (AvgIpc) is 3.28. The van der Waals surface area contributed by atoms with Crippen LogP contribution in [-0.2, 0) is 11.2 Å². The van der Waals surface area contributed by atoms with Crippen LogP contribution in [-0.4, -0.2) is 61.1 Å². The second-order valence-electron chi connectivity index (χ2n) is 9.32. The van der Waals surface area contributed by atoms with E-state index in [0.29, 0.717) is 37.1 Å². The molecule has 1 aliphatic heterocycles. The Morgan fingerprint density at radius 1 is 1.18 bits per heavy atom. The van der Waals surface area contributed by atoms with Crippen molar-refractivity contribution in [2.45, 2.75) is 52.6 Å². The Balaban J connectivity index is 1.77. The molecule has 1 aromatic carbocycles. The first-order valence-corrected chi connectivity index (χ1v) is 12.8. The van der Waals surface area contributed by atoms with Crippen LogP contribution in [0.5, 0.6) is 11.5 Å². The van der Waals surface area contributed by atoms with Crippen molar-refractivity contribution in [3.63, 3.8) is 0 Å².